The summed E-state index contributed by atoms with van der Waals surface area (Å²) in [5.41, 5.74) is 6.10. The minimum atomic E-state index is -0.313. The van der Waals surface area contributed by atoms with Gasteiger partial charge < -0.3 is 9.67 Å². The summed E-state index contributed by atoms with van der Waals surface area (Å²) in [6, 6.07) is 8.01. The maximum absolute atomic E-state index is 11.8. The molecule has 2 aromatic rings. The first-order valence-corrected chi connectivity index (χ1v) is 6.24. The van der Waals surface area contributed by atoms with Gasteiger partial charge in [-0.1, -0.05) is 0 Å². The van der Waals surface area contributed by atoms with E-state index in [9.17, 15) is 4.79 Å². The summed E-state index contributed by atoms with van der Waals surface area (Å²) in [4.78, 5) is 11.8. The Hall–Kier alpha value is -2.56. The quantitative estimate of drug-likeness (QED) is 0.663. The summed E-state index contributed by atoms with van der Waals surface area (Å²) < 4.78 is 2.06. The van der Waals surface area contributed by atoms with Crippen LogP contribution in [0.1, 0.15) is 27.3 Å². The number of nitrogens with zero attached hydrogens (tertiary/aromatic N) is 2. The minimum Gasteiger partial charge on any atom is -0.508 e. The van der Waals surface area contributed by atoms with Crippen LogP contribution in [-0.4, -0.2) is 21.8 Å². The van der Waals surface area contributed by atoms with Crippen LogP contribution in [0.5, 0.6) is 5.75 Å². The highest BCUT2D eigenvalue weighted by Gasteiger charge is 2.05. The number of phenols is 1. The average Bonchev–Trinajstić information content (AvgIpc) is 2.67. The summed E-state index contributed by atoms with van der Waals surface area (Å²) in [7, 11) is 1.98. The number of hydrogen-bond acceptors (Lipinski definition) is 3. The largest absolute Gasteiger partial charge is 0.508 e. The molecule has 0 saturated carbocycles. The molecule has 0 fully saturated rings. The number of nitrogens with one attached hydrogen (secondary N) is 1. The van der Waals surface area contributed by atoms with Gasteiger partial charge in [-0.05, 0) is 44.2 Å². The van der Waals surface area contributed by atoms with Crippen LogP contribution in [0.4, 0.5) is 0 Å². The van der Waals surface area contributed by atoms with E-state index in [4.69, 9.17) is 5.11 Å². The highest BCUT2D eigenvalue weighted by Crippen LogP contribution is 2.11. The van der Waals surface area contributed by atoms with E-state index in [0.29, 0.717) is 5.56 Å². The molecule has 0 aliphatic carbocycles. The van der Waals surface area contributed by atoms with Crippen LogP contribution in [0.3, 0.4) is 0 Å². The van der Waals surface area contributed by atoms with E-state index >= 15 is 0 Å². The Bertz CT molecular complexity index is 655. The molecule has 20 heavy (non-hydrogen) atoms. The summed E-state index contributed by atoms with van der Waals surface area (Å²) in [5.74, 6) is -0.188. The van der Waals surface area contributed by atoms with Gasteiger partial charge in [-0.15, -0.1) is 0 Å². The lowest BCUT2D eigenvalue weighted by atomic mass is 10.2. The number of amides is 1. The van der Waals surface area contributed by atoms with Gasteiger partial charge in [0.05, 0.1) is 6.21 Å². The second-order valence-electron chi connectivity index (χ2n) is 4.63. The third-order valence-electron chi connectivity index (χ3n) is 3.31. The van der Waals surface area contributed by atoms with Gasteiger partial charge in [-0.2, -0.15) is 5.10 Å². The van der Waals surface area contributed by atoms with Crippen molar-refractivity contribution in [3.8, 4) is 5.75 Å². The lowest BCUT2D eigenvalue weighted by Gasteiger charge is -2.00. The van der Waals surface area contributed by atoms with Crippen molar-refractivity contribution >= 4 is 12.1 Å². The van der Waals surface area contributed by atoms with Crippen molar-refractivity contribution in [2.45, 2.75) is 13.8 Å². The summed E-state index contributed by atoms with van der Waals surface area (Å²) in [5, 5.41) is 13.1. The Labute approximate surface area is 117 Å². The molecule has 1 aromatic carbocycles. The Morgan fingerprint density at radius 3 is 2.50 bits per heavy atom. The lowest BCUT2D eigenvalue weighted by molar-refractivity contribution is 0.0955. The maximum atomic E-state index is 11.8. The zero-order chi connectivity index (χ0) is 14.7. The van der Waals surface area contributed by atoms with E-state index in [-0.39, 0.29) is 11.7 Å². The zero-order valence-electron chi connectivity index (χ0n) is 11.7. The molecule has 1 heterocycles. The van der Waals surface area contributed by atoms with Crippen LogP contribution in [0.25, 0.3) is 0 Å². The number of carbonyl (C=O) groups is 1. The average molecular weight is 271 g/mol. The summed E-state index contributed by atoms with van der Waals surface area (Å²) >= 11 is 0. The topological polar surface area (TPSA) is 66.6 Å². The van der Waals surface area contributed by atoms with Gasteiger partial charge in [0.2, 0.25) is 0 Å². The van der Waals surface area contributed by atoms with Crippen molar-refractivity contribution in [1.82, 2.24) is 9.99 Å². The van der Waals surface area contributed by atoms with Crippen LogP contribution in [-0.2, 0) is 7.05 Å². The molecule has 1 amide bonds. The molecule has 2 N–H and O–H groups in total. The first-order valence-electron chi connectivity index (χ1n) is 6.24. The van der Waals surface area contributed by atoms with Gasteiger partial charge in [0, 0.05) is 29.6 Å². The molecule has 0 saturated heterocycles. The first kappa shape index (κ1) is 13.9. The van der Waals surface area contributed by atoms with Crippen molar-refractivity contribution in [2.75, 3.05) is 0 Å². The number of hydrazone groups is 1. The molecule has 0 unspecified atom stereocenters. The molecule has 0 radical (unpaired) electrons. The normalized spacial score (nSPS) is 10.9. The molecule has 0 spiro atoms. The fraction of sp³-hybridized carbons (Fsp3) is 0.200. The first-order chi connectivity index (χ1) is 9.49. The maximum Gasteiger partial charge on any atom is 0.271 e. The van der Waals surface area contributed by atoms with E-state index in [1.54, 1.807) is 6.21 Å². The third-order valence-corrected chi connectivity index (χ3v) is 3.31. The Kier molecular flexibility index (Phi) is 3.89. The van der Waals surface area contributed by atoms with E-state index in [0.717, 1.165) is 17.0 Å². The molecule has 2 rings (SSSR count). The number of aromatic hydroxyl groups is 1. The molecule has 0 aliphatic heterocycles. The number of aryl methyl sites for hydroxylation is 1. The minimum absolute atomic E-state index is 0.125. The Morgan fingerprint density at radius 2 is 1.95 bits per heavy atom. The summed E-state index contributed by atoms with van der Waals surface area (Å²) in [6.45, 7) is 4.01. The number of aromatic nitrogens is 1. The zero-order valence-corrected chi connectivity index (χ0v) is 11.7. The van der Waals surface area contributed by atoms with Gasteiger partial charge in [-0.3, -0.25) is 4.79 Å². The van der Waals surface area contributed by atoms with Crippen LogP contribution in [0, 0.1) is 13.8 Å². The predicted octanol–water partition coefficient (Wildman–Crippen LogP) is 2.11. The van der Waals surface area contributed by atoms with E-state index in [1.807, 2.05) is 27.0 Å². The predicted molar refractivity (Wildman–Crippen MR) is 78.1 cm³/mol. The molecule has 5 nitrogen and oxygen atoms in total. The molecule has 1 aromatic heterocycles. The van der Waals surface area contributed by atoms with Crippen molar-refractivity contribution in [3.05, 3.63) is 52.8 Å². The number of phenolic OH excluding ortho intramolecular Hbond substituents is 1. The van der Waals surface area contributed by atoms with Gasteiger partial charge >= 0.3 is 0 Å². The molecule has 5 heteroatoms. The van der Waals surface area contributed by atoms with Gasteiger partial charge in [0.15, 0.2) is 0 Å². The third kappa shape index (κ3) is 2.88. The fourth-order valence-electron chi connectivity index (χ4n) is 1.85. The Balaban J connectivity index is 2.04. The number of benzene rings is 1. The van der Waals surface area contributed by atoms with Crippen LogP contribution in [0.15, 0.2) is 35.4 Å². The monoisotopic (exact) mass is 271 g/mol. The molecular formula is C15H17N3O2. The van der Waals surface area contributed by atoms with Crippen LogP contribution < -0.4 is 5.43 Å². The van der Waals surface area contributed by atoms with Crippen molar-refractivity contribution in [2.24, 2.45) is 12.1 Å². The molecule has 0 aliphatic rings. The van der Waals surface area contributed by atoms with E-state index in [2.05, 4.69) is 15.1 Å². The van der Waals surface area contributed by atoms with Crippen LogP contribution in [0.2, 0.25) is 0 Å². The molecule has 0 atom stereocenters. The fourth-order valence-corrected chi connectivity index (χ4v) is 1.85. The number of hydrogen-bond donors (Lipinski definition) is 2. The smallest absolute Gasteiger partial charge is 0.271 e. The SMILES string of the molecule is Cc1cc(/C=N\NC(=O)c2ccc(O)cc2)c(C)n1C. The van der Waals surface area contributed by atoms with Gasteiger partial charge in [0.1, 0.15) is 5.75 Å². The van der Waals surface area contributed by atoms with Crippen LogP contribution >= 0.6 is 0 Å². The molecule has 104 valence electrons. The van der Waals surface area contributed by atoms with E-state index < -0.39 is 0 Å². The number of carbonyl (C=O) groups excluding carboxylic acids is 1. The summed E-state index contributed by atoms with van der Waals surface area (Å²) in [6.07, 6.45) is 1.63. The number of rotatable bonds is 3. The van der Waals surface area contributed by atoms with Crippen molar-refractivity contribution in [1.29, 1.82) is 0 Å². The van der Waals surface area contributed by atoms with Crippen molar-refractivity contribution < 1.29 is 9.90 Å². The van der Waals surface area contributed by atoms with Gasteiger partial charge in [-0.25, -0.2) is 5.43 Å². The molecular weight excluding hydrogens is 254 g/mol. The van der Waals surface area contributed by atoms with Crippen molar-refractivity contribution in [3.63, 3.8) is 0 Å². The second-order valence-corrected chi connectivity index (χ2v) is 4.63. The highest BCUT2D eigenvalue weighted by atomic mass is 16.3. The second kappa shape index (κ2) is 5.61. The molecule has 0 bridgehead atoms. The Morgan fingerprint density at radius 1 is 1.30 bits per heavy atom. The van der Waals surface area contributed by atoms with E-state index in [1.165, 1.54) is 24.3 Å². The van der Waals surface area contributed by atoms with Gasteiger partial charge in [0.25, 0.3) is 5.91 Å². The standard InChI is InChI=1S/C15H17N3O2/c1-10-8-13(11(2)18(10)3)9-16-17-15(20)12-4-6-14(19)7-5-12/h4-9,19H,1-3H3,(H,17,20)/b16-9-. The lowest BCUT2D eigenvalue weighted by Crippen LogP contribution is -2.17. The highest BCUT2D eigenvalue weighted by molar-refractivity contribution is 5.95.